The predicted molar refractivity (Wildman–Crippen MR) is 80.7 cm³/mol. The van der Waals surface area contributed by atoms with Crippen LogP contribution in [0.25, 0.3) is 0 Å². The van der Waals surface area contributed by atoms with Crippen LogP contribution in [-0.4, -0.2) is 18.4 Å². The van der Waals surface area contributed by atoms with Gasteiger partial charge in [-0.1, -0.05) is 29.9 Å². The number of hydrogen-bond donors (Lipinski definition) is 1. The summed E-state index contributed by atoms with van der Waals surface area (Å²) in [6.45, 7) is 0.207. The van der Waals surface area contributed by atoms with E-state index < -0.39 is 0 Å². The minimum atomic E-state index is -0.163. The van der Waals surface area contributed by atoms with E-state index in [2.05, 4.69) is 11.8 Å². The molecule has 3 rings (SSSR count). The van der Waals surface area contributed by atoms with Crippen molar-refractivity contribution in [2.75, 3.05) is 11.4 Å². The molecule has 5 heteroatoms. The van der Waals surface area contributed by atoms with Gasteiger partial charge in [0.05, 0.1) is 29.6 Å². The Kier molecular flexibility index (Phi) is 3.71. The second-order valence-corrected chi connectivity index (χ2v) is 5.76. The number of rotatable bonds is 1. The average molecular weight is 303 g/mol. The fourth-order valence-corrected chi connectivity index (χ4v) is 3.35. The average Bonchev–Trinajstić information content (AvgIpc) is 3.03. The fourth-order valence-electron chi connectivity index (χ4n) is 3.18. The molecule has 21 heavy (non-hydrogen) atoms. The van der Waals surface area contributed by atoms with Crippen molar-refractivity contribution in [2.24, 2.45) is 17.6 Å². The molecule has 0 bridgehead atoms. The van der Waals surface area contributed by atoms with E-state index in [1.165, 1.54) is 4.90 Å². The quantitative estimate of drug-likeness (QED) is 0.637. The SMILES string of the molecule is NCC#Cc1cc(Cl)ccc1N1C(=O)C2CCCC2C1=O. The molecule has 2 unspecified atom stereocenters. The van der Waals surface area contributed by atoms with E-state index in [1.54, 1.807) is 18.2 Å². The van der Waals surface area contributed by atoms with Crippen LogP contribution in [0.2, 0.25) is 5.02 Å². The van der Waals surface area contributed by atoms with Crippen molar-refractivity contribution >= 4 is 29.1 Å². The molecule has 108 valence electrons. The highest BCUT2D eigenvalue weighted by molar-refractivity contribution is 6.31. The maximum atomic E-state index is 12.5. The number of benzene rings is 1. The van der Waals surface area contributed by atoms with Gasteiger partial charge >= 0.3 is 0 Å². The first-order chi connectivity index (χ1) is 10.1. The van der Waals surface area contributed by atoms with E-state index in [-0.39, 0.29) is 30.2 Å². The molecule has 1 saturated heterocycles. The molecule has 0 radical (unpaired) electrons. The normalized spacial score (nSPS) is 24.0. The van der Waals surface area contributed by atoms with Crippen molar-refractivity contribution in [1.29, 1.82) is 0 Å². The van der Waals surface area contributed by atoms with Gasteiger partial charge in [-0.3, -0.25) is 9.59 Å². The highest BCUT2D eigenvalue weighted by atomic mass is 35.5. The van der Waals surface area contributed by atoms with Gasteiger partial charge in [-0.2, -0.15) is 0 Å². The molecule has 2 fully saturated rings. The van der Waals surface area contributed by atoms with E-state index in [1.807, 2.05) is 0 Å². The van der Waals surface area contributed by atoms with Crippen LogP contribution in [0.1, 0.15) is 24.8 Å². The third kappa shape index (κ3) is 2.33. The molecule has 1 heterocycles. The first kappa shape index (κ1) is 14.1. The van der Waals surface area contributed by atoms with Crippen LogP contribution in [0, 0.1) is 23.7 Å². The summed E-state index contributed by atoms with van der Waals surface area (Å²) in [6, 6.07) is 5.01. The zero-order valence-electron chi connectivity index (χ0n) is 11.4. The predicted octanol–water partition coefficient (Wildman–Crippen LogP) is 1.94. The summed E-state index contributed by atoms with van der Waals surface area (Å²) in [5.41, 5.74) is 6.48. The third-order valence-corrected chi connectivity index (χ3v) is 4.35. The zero-order chi connectivity index (χ0) is 15.0. The Hall–Kier alpha value is -1.83. The molecule has 1 aromatic carbocycles. The Labute approximate surface area is 128 Å². The second-order valence-electron chi connectivity index (χ2n) is 5.32. The molecular formula is C16H15ClN2O2. The minimum Gasteiger partial charge on any atom is -0.320 e. The molecule has 1 aromatic rings. The molecule has 1 aliphatic carbocycles. The van der Waals surface area contributed by atoms with Gasteiger partial charge in [0.1, 0.15) is 0 Å². The van der Waals surface area contributed by atoms with Crippen LogP contribution in [0.15, 0.2) is 18.2 Å². The van der Waals surface area contributed by atoms with Gasteiger partial charge in [-0.05, 0) is 31.0 Å². The summed E-state index contributed by atoms with van der Waals surface area (Å²) in [6.07, 6.45) is 2.54. The van der Waals surface area contributed by atoms with Crippen molar-refractivity contribution < 1.29 is 9.59 Å². The number of carbonyl (C=O) groups excluding carboxylic acids is 2. The molecule has 0 spiro atoms. The number of anilines is 1. The number of nitrogens with two attached hydrogens (primary N) is 1. The van der Waals surface area contributed by atoms with Gasteiger partial charge in [-0.25, -0.2) is 4.90 Å². The van der Waals surface area contributed by atoms with Gasteiger partial charge in [0, 0.05) is 5.02 Å². The minimum absolute atomic E-state index is 0.111. The van der Waals surface area contributed by atoms with E-state index in [0.29, 0.717) is 16.3 Å². The molecule has 2 amide bonds. The summed E-state index contributed by atoms with van der Waals surface area (Å²) in [5.74, 6) is 5.09. The van der Waals surface area contributed by atoms with Crippen LogP contribution in [0.5, 0.6) is 0 Å². The fraction of sp³-hybridized carbons (Fsp3) is 0.375. The lowest BCUT2D eigenvalue weighted by Crippen LogP contribution is -2.32. The topological polar surface area (TPSA) is 63.4 Å². The molecule has 2 N–H and O–H groups in total. The van der Waals surface area contributed by atoms with Crippen LogP contribution in [0.4, 0.5) is 5.69 Å². The molecule has 2 aliphatic rings. The van der Waals surface area contributed by atoms with Crippen LogP contribution >= 0.6 is 11.6 Å². The Balaban J connectivity index is 2.04. The molecule has 2 atom stereocenters. The lowest BCUT2D eigenvalue weighted by atomic mass is 10.00. The Morgan fingerprint density at radius 1 is 1.24 bits per heavy atom. The van der Waals surface area contributed by atoms with Gasteiger partial charge in [0.15, 0.2) is 0 Å². The highest BCUT2D eigenvalue weighted by Gasteiger charge is 2.50. The van der Waals surface area contributed by atoms with Crippen LogP contribution in [0.3, 0.4) is 0 Å². The molecule has 1 aliphatic heterocycles. The zero-order valence-corrected chi connectivity index (χ0v) is 12.2. The lowest BCUT2D eigenvalue weighted by Gasteiger charge is -2.17. The summed E-state index contributed by atoms with van der Waals surface area (Å²) in [7, 11) is 0. The van der Waals surface area contributed by atoms with Crippen molar-refractivity contribution in [1.82, 2.24) is 0 Å². The Morgan fingerprint density at radius 3 is 2.52 bits per heavy atom. The van der Waals surface area contributed by atoms with E-state index in [4.69, 9.17) is 17.3 Å². The van der Waals surface area contributed by atoms with Crippen molar-refractivity contribution in [3.8, 4) is 11.8 Å². The summed E-state index contributed by atoms with van der Waals surface area (Å²) in [5, 5.41) is 0.513. The number of imide groups is 1. The van der Waals surface area contributed by atoms with E-state index in [0.717, 1.165) is 19.3 Å². The van der Waals surface area contributed by atoms with Crippen LogP contribution < -0.4 is 10.6 Å². The number of hydrogen-bond acceptors (Lipinski definition) is 3. The summed E-state index contributed by atoms with van der Waals surface area (Å²) >= 11 is 5.98. The molecule has 1 saturated carbocycles. The second kappa shape index (κ2) is 5.51. The number of halogens is 1. The molecule has 0 aromatic heterocycles. The van der Waals surface area contributed by atoms with E-state index in [9.17, 15) is 9.59 Å². The smallest absolute Gasteiger partial charge is 0.237 e. The van der Waals surface area contributed by atoms with Crippen molar-refractivity contribution in [3.05, 3.63) is 28.8 Å². The molecular weight excluding hydrogens is 288 g/mol. The van der Waals surface area contributed by atoms with Crippen molar-refractivity contribution in [3.63, 3.8) is 0 Å². The van der Waals surface area contributed by atoms with E-state index >= 15 is 0 Å². The Bertz CT molecular complexity index is 653. The maximum Gasteiger partial charge on any atom is 0.237 e. The number of nitrogens with zero attached hydrogens (tertiary/aromatic N) is 1. The Morgan fingerprint density at radius 2 is 1.90 bits per heavy atom. The first-order valence-corrected chi connectivity index (χ1v) is 7.37. The van der Waals surface area contributed by atoms with Crippen molar-refractivity contribution in [2.45, 2.75) is 19.3 Å². The number of carbonyl (C=O) groups is 2. The third-order valence-electron chi connectivity index (χ3n) is 4.12. The van der Waals surface area contributed by atoms with Gasteiger partial charge in [0.2, 0.25) is 11.8 Å². The van der Waals surface area contributed by atoms with Gasteiger partial charge in [0.25, 0.3) is 0 Å². The monoisotopic (exact) mass is 302 g/mol. The van der Waals surface area contributed by atoms with Gasteiger partial charge in [-0.15, -0.1) is 0 Å². The number of amides is 2. The number of fused-ring (bicyclic) bond motifs is 1. The van der Waals surface area contributed by atoms with Crippen LogP contribution in [-0.2, 0) is 9.59 Å². The first-order valence-electron chi connectivity index (χ1n) is 7.00. The summed E-state index contributed by atoms with van der Waals surface area (Å²) < 4.78 is 0. The molecule has 4 nitrogen and oxygen atoms in total. The summed E-state index contributed by atoms with van der Waals surface area (Å²) in [4.78, 5) is 26.3. The maximum absolute atomic E-state index is 12.5. The highest BCUT2D eigenvalue weighted by Crippen LogP contribution is 2.42. The van der Waals surface area contributed by atoms with Gasteiger partial charge < -0.3 is 5.73 Å². The standard InChI is InChI=1S/C16H15ClN2O2/c17-11-6-7-14(10(9-11)3-2-8-18)19-15(20)12-4-1-5-13(12)16(19)21/h6-7,9,12-13H,1,4-5,8,18H2. The largest absolute Gasteiger partial charge is 0.320 e. The lowest BCUT2D eigenvalue weighted by molar-refractivity contribution is -0.122.